The number of amides is 1. The van der Waals surface area contributed by atoms with Crippen LogP contribution in [0.15, 0.2) is 152 Å². The lowest BCUT2D eigenvalue weighted by molar-refractivity contribution is -0.150. The molecule has 1 unspecified atom stereocenters. The van der Waals surface area contributed by atoms with Crippen LogP contribution in [-0.4, -0.2) is 45.1 Å². The molecule has 0 aromatic heterocycles. The summed E-state index contributed by atoms with van der Waals surface area (Å²) in [5.74, 6) is -3.13. The maximum absolute atomic E-state index is 15.4. The molecule has 0 saturated carbocycles. The van der Waals surface area contributed by atoms with E-state index in [0.29, 0.717) is 27.0 Å². The summed E-state index contributed by atoms with van der Waals surface area (Å²) < 4.78 is 9.06. The Kier molecular flexibility index (Phi) is 14.1. The number of esters is 1. The molecule has 5 aromatic rings. The van der Waals surface area contributed by atoms with Crippen LogP contribution >= 0.6 is 23.2 Å². The van der Waals surface area contributed by atoms with Crippen LogP contribution in [0.3, 0.4) is 0 Å². The molecule has 8 nitrogen and oxygen atoms in total. The lowest BCUT2D eigenvalue weighted by atomic mass is 9.85. The van der Waals surface area contributed by atoms with Gasteiger partial charge in [0.2, 0.25) is 5.78 Å². The number of aliphatic carboxylic acids is 1. The van der Waals surface area contributed by atoms with Crippen molar-refractivity contribution in [2.75, 3.05) is 6.61 Å². The van der Waals surface area contributed by atoms with E-state index in [9.17, 15) is 19.5 Å². The fraction of sp³-hybridized carbons (Fsp3) is 0.171. The number of hydrogen-bond acceptors (Lipinski definition) is 6. The van der Waals surface area contributed by atoms with Gasteiger partial charge in [-0.25, -0.2) is 14.4 Å². The minimum Gasteiger partial charge on any atom is -1.00 e. The van der Waals surface area contributed by atoms with E-state index in [-0.39, 0.29) is 36.6 Å². The Morgan fingerprint density at radius 1 is 0.654 bits per heavy atom. The van der Waals surface area contributed by atoms with Crippen molar-refractivity contribution in [3.8, 4) is 0 Å². The van der Waals surface area contributed by atoms with Crippen molar-refractivity contribution in [2.24, 2.45) is 0 Å². The van der Waals surface area contributed by atoms with Crippen LogP contribution in [0.2, 0.25) is 0 Å². The van der Waals surface area contributed by atoms with Gasteiger partial charge in [0.1, 0.15) is 29.8 Å². The van der Waals surface area contributed by atoms with Gasteiger partial charge in [-0.3, -0.25) is 4.79 Å². The minimum absolute atomic E-state index is 0. The van der Waals surface area contributed by atoms with Crippen LogP contribution in [0, 0.1) is 0 Å². The molecule has 0 fully saturated rings. The normalized spacial score (nSPS) is 13.3. The second kappa shape index (κ2) is 18.2. The van der Waals surface area contributed by atoms with Gasteiger partial charge in [-0.15, -0.1) is 0 Å². The summed E-state index contributed by atoms with van der Waals surface area (Å²) in [6, 6.07) is 45.3. The number of ether oxygens (including phenoxy) is 2. The fourth-order valence-electron chi connectivity index (χ4n) is 6.25. The molecule has 2 atom stereocenters. The quantitative estimate of drug-likeness (QED) is 0.0717. The number of rotatable bonds is 15. The molecule has 11 heteroatoms. The molecule has 2 N–H and O–H groups in total. The van der Waals surface area contributed by atoms with E-state index >= 15 is 4.79 Å². The van der Waals surface area contributed by atoms with Gasteiger partial charge < -0.3 is 36.9 Å². The highest BCUT2D eigenvalue weighted by atomic mass is 79.9. The number of alkyl halides is 1. The molecule has 52 heavy (non-hydrogen) atoms. The molecule has 5 rings (SSSR count). The number of carbonyl (C=O) groups excluding carboxylic acids is 3. The number of Topliss-reactive ketones (excluding diaryl/α,β-unsaturated/α-hetero) is 1. The highest BCUT2D eigenvalue weighted by molar-refractivity contribution is 9.12. The number of ketones is 1. The first-order valence-electron chi connectivity index (χ1n) is 16.4. The Morgan fingerprint density at radius 2 is 1.06 bits per heavy atom. The van der Waals surface area contributed by atoms with Gasteiger partial charge >= 0.3 is 18.0 Å². The van der Waals surface area contributed by atoms with Crippen LogP contribution in [0.4, 0.5) is 4.79 Å². The topological polar surface area (TPSA) is 119 Å². The van der Waals surface area contributed by atoms with E-state index < -0.39 is 47.1 Å². The first-order valence-corrected chi connectivity index (χ1v) is 19.0. The van der Waals surface area contributed by atoms with Crippen molar-refractivity contribution in [3.05, 3.63) is 163 Å². The predicted molar refractivity (Wildman–Crippen MR) is 203 cm³/mol. The molecule has 0 spiro atoms. The summed E-state index contributed by atoms with van der Waals surface area (Å²) in [4.78, 5) is 57.1. The van der Waals surface area contributed by atoms with Gasteiger partial charge in [0.05, 0.1) is 6.61 Å². The summed E-state index contributed by atoms with van der Waals surface area (Å²) >= 11 is 3.75. The maximum Gasteiger partial charge on any atom is 0.408 e. The molecular formula is C41H38Br2NO7P. The van der Waals surface area contributed by atoms with E-state index in [1.807, 2.05) is 97.1 Å². The van der Waals surface area contributed by atoms with Crippen molar-refractivity contribution in [2.45, 2.75) is 36.0 Å². The first-order chi connectivity index (χ1) is 24.7. The van der Waals surface area contributed by atoms with Gasteiger partial charge in [-0.2, -0.15) is 0 Å². The fourth-order valence-corrected chi connectivity index (χ4v) is 13.0. The van der Waals surface area contributed by atoms with Gasteiger partial charge in [0.25, 0.3) is 4.07 Å². The van der Waals surface area contributed by atoms with Crippen LogP contribution in [-0.2, 0) is 36.9 Å². The van der Waals surface area contributed by atoms with Crippen molar-refractivity contribution in [3.63, 3.8) is 0 Å². The Hall–Kier alpha value is -4.63. The van der Waals surface area contributed by atoms with Crippen LogP contribution in [0.1, 0.15) is 24.5 Å². The zero-order valence-electron chi connectivity index (χ0n) is 28.4. The molecule has 0 radical (unpaired) electrons. The molecule has 5 aromatic carbocycles. The number of alkyl carbamates (subject to hydrolysis) is 1. The van der Waals surface area contributed by atoms with E-state index in [1.165, 1.54) is 0 Å². The summed E-state index contributed by atoms with van der Waals surface area (Å²) in [5, 5.41) is 15.6. The molecule has 0 saturated heterocycles. The highest BCUT2D eigenvalue weighted by Crippen LogP contribution is 2.69. The first kappa shape index (κ1) is 40.1. The van der Waals surface area contributed by atoms with Crippen molar-refractivity contribution < 1.29 is 50.7 Å². The summed E-state index contributed by atoms with van der Waals surface area (Å²) in [7, 11) is -3.45. The molecule has 268 valence electrons. The van der Waals surface area contributed by atoms with E-state index in [0.717, 1.165) is 0 Å². The second-order valence-corrected chi connectivity index (χ2v) is 17.2. The molecule has 1 amide bonds. The SMILES string of the molecule is CCOC(=O)C(Br)(C(=O)C[C@@](Cc1ccccc1)(NC(=O)OCc1ccccc1)C(=O)O)[P+](c1ccccc1)(c1ccccc1)c1ccccc1.[Br-]. The number of benzene rings is 5. The Bertz CT molecular complexity index is 1840. The lowest BCUT2D eigenvalue weighted by Gasteiger charge is -2.40. The molecule has 0 aliphatic rings. The van der Waals surface area contributed by atoms with Gasteiger partial charge in [0, 0.05) is 12.8 Å². The number of halogens is 2. The number of hydrogen-bond donors (Lipinski definition) is 2. The monoisotopic (exact) mass is 845 g/mol. The van der Waals surface area contributed by atoms with Crippen molar-refractivity contribution >= 4 is 62.9 Å². The third-order valence-electron chi connectivity index (χ3n) is 8.58. The van der Waals surface area contributed by atoms with Crippen molar-refractivity contribution in [1.29, 1.82) is 0 Å². The van der Waals surface area contributed by atoms with Gasteiger partial charge in [0.15, 0.2) is 5.54 Å². The minimum atomic E-state index is -3.45. The smallest absolute Gasteiger partial charge is 0.408 e. The van der Waals surface area contributed by atoms with E-state index in [4.69, 9.17) is 9.47 Å². The standard InChI is InChI=1S/C41H37BrNO7P.BrH/c1-2-49-38(47)41(42,51(33-22-12-5-13-23-33,34-24-14-6-15-25-34)35-26-16-7-17-27-35)36(44)29-40(37(45)46,28-31-18-8-3-9-19-31)43-39(48)50-30-32-20-10-4-11-21-32;/h3-27H,2,28-30H2,1H3,(H-,43,45,46,48);1H/t40-,41?;/m1./s1. The third-order valence-corrected chi connectivity index (χ3v) is 15.5. The van der Waals surface area contributed by atoms with E-state index in [2.05, 4.69) is 21.2 Å². The predicted octanol–water partition coefficient (Wildman–Crippen LogP) is 3.59. The average molecular weight is 848 g/mol. The average Bonchev–Trinajstić information content (AvgIpc) is 3.16. The summed E-state index contributed by atoms with van der Waals surface area (Å²) in [5.41, 5.74) is -1.00. The summed E-state index contributed by atoms with van der Waals surface area (Å²) in [6.45, 7) is 1.47. The van der Waals surface area contributed by atoms with Gasteiger partial charge in [-0.05, 0) is 70.4 Å². The summed E-state index contributed by atoms with van der Waals surface area (Å²) in [6.07, 6.45) is -2.11. The zero-order chi connectivity index (χ0) is 36.3. The molecular weight excluding hydrogens is 809 g/mol. The Morgan fingerprint density at radius 3 is 1.46 bits per heavy atom. The van der Waals surface area contributed by atoms with Crippen LogP contribution in [0.5, 0.6) is 0 Å². The maximum atomic E-state index is 15.4. The molecule has 0 aliphatic heterocycles. The second-order valence-electron chi connectivity index (χ2n) is 11.9. The zero-order valence-corrected chi connectivity index (χ0v) is 32.4. The van der Waals surface area contributed by atoms with Crippen LogP contribution < -0.4 is 38.2 Å². The molecule has 0 heterocycles. The highest BCUT2D eigenvalue weighted by Gasteiger charge is 2.72. The lowest BCUT2D eigenvalue weighted by Crippen LogP contribution is -3.00. The van der Waals surface area contributed by atoms with Crippen molar-refractivity contribution in [1.82, 2.24) is 5.32 Å². The Labute approximate surface area is 322 Å². The number of nitrogens with one attached hydrogen (secondary N) is 1. The van der Waals surface area contributed by atoms with E-state index in [1.54, 1.807) is 61.5 Å². The number of carboxylic acid groups (broad SMARTS) is 1. The molecule has 0 bridgehead atoms. The largest absolute Gasteiger partial charge is 1.00 e. The number of carboxylic acids is 1. The number of carbonyl (C=O) groups is 4. The van der Waals surface area contributed by atoms with Gasteiger partial charge in [-0.1, -0.05) is 115 Å². The third kappa shape index (κ3) is 8.36. The van der Waals surface area contributed by atoms with Crippen LogP contribution in [0.25, 0.3) is 0 Å². The molecule has 0 aliphatic carbocycles. The Balaban J connectivity index is 0.00000605.